The van der Waals surface area contributed by atoms with Gasteiger partial charge in [-0.05, 0) is 12.0 Å². The van der Waals surface area contributed by atoms with Crippen molar-refractivity contribution in [3.63, 3.8) is 0 Å². The van der Waals surface area contributed by atoms with Gasteiger partial charge in [0.1, 0.15) is 5.76 Å². The summed E-state index contributed by atoms with van der Waals surface area (Å²) in [6, 6.07) is 1.63. The number of carboxylic acid groups (broad SMARTS) is 1. The third-order valence-electron chi connectivity index (χ3n) is 2.90. The van der Waals surface area contributed by atoms with Crippen LogP contribution in [0.2, 0.25) is 0 Å². The van der Waals surface area contributed by atoms with Gasteiger partial charge >= 0.3 is 5.97 Å². The first kappa shape index (κ1) is 14.3. The Labute approximate surface area is 106 Å². The highest BCUT2D eigenvalue weighted by Crippen LogP contribution is 2.12. The zero-order valence-corrected chi connectivity index (χ0v) is 10.7. The van der Waals surface area contributed by atoms with E-state index >= 15 is 0 Å². The molecule has 1 aromatic rings. The lowest BCUT2D eigenvalue weighted by molar-refractivity contribution is -0.138. The molecule has 0 aliphatic carbocycles. The van der Waals surface area contributed by atoms with E-state index in [0.717, 1.165) is 6.42 Å². The van der Waals surface area contributed by atoms with Crippen molar-refractivity contribution in [2.75, 3.05) is 6.54 Å². The molecule has 0 aliphatic rings. The zero-order chi connectivity index (χ0) is 13.5. The van der Waals surface area contributed by atoms with Gasteiger partial charge in [-0.1, -0.05) is 20.3 Å². The number of carbonyl (C=O) groups is 2. The third-order valence-corrected chi connectivity index (χ3v) is 2.90. The number of aryl methyl sites for hydroxylation is 1. The molecular weight excluding hydrogens is 234 g/mol. The molecule has 5 heteroatoms. The number of hydrogen-bond donors (Lipinski definition) is 2. The summed E-state index contributed by atoms with van der Waals surface area (Å²) in [7, 11) is 0. The smallest absolute Gasteiger partial charge is 0.303 e. The summed E-state index contributed by atoms with van der Waals surface area (Å²) >= 11 is 0. The Balaban J connectivity index is 2.52. The van der Waals surface area contributed by atoms with Crippen LogP contribution in [0.3, 0.4) is 0 Å². The van der Waals surface area contributed by atoms with E-state index in [2.05, 4.69) is 5.32 Å². The highest BCUT2D eigenvalue weighted by atomic mass is 16.4. The maximum atomic E-state index is 11.9. The molecule has 1 atom stereocenters. The number of nitrogens with one attached hydrogen (secondary N) is 1. The number of rotatable bonds is 7. The minimum Gasteiger partial charge on any atom is -0.481 e. The topological polar surface area (TPSA) is 79.5 Å². The second-order valence-corrected chi connectivity index (χ2v) is 4.19. The minimum absolute atomic E-state index is 0.0385. The molecular formula is C13H19NO4. The van der Waals surface area contributed by atoms with E-state index in [-0.39, 0.29) is 18.2 Å². The summed E-state index contributed by atoms with van der Waals surface area (Å²) < 4.78 is 5.18. The normalized spacial score (nSPS) is 12.1. The van der Waals surface area contributed by atoms with E-state index in [1.807, 2.05) is 13.8 Å². The van der Waals surface area contributed by atoms with Crippen molar-refractivity contribution in [2.45, 2.75) is 33.1 Å². The van der Waals surface area contributed by atoms with Crippen LogP contribution in [0.5, 0.6) is 0 Å². The molecule has 1 aromatic heterocycles. The van der Waals surface area contributed by atoms with Crippen molar-refractivity contribution in [2.24, 2.45) is 5.92 Å². The van der Waals surface area contributed by atoms with Crippen LogP contribution >= 0.6 is 0 Å². The highest BCUT2D eigenvalue weighted by molar-refractivity contribution is 5.95. The van der Waals surface area contributed by atoms with Crippen molar-refractivity contribution in [3.05, 3.63) is 23.7 Å². The van der Waals surface area contributed by atoms with Crippen molar-refractivity contribution < 1.29 is 19.1 Å². The van der Waals surface area contributed by atoms with Crippen LogP contribution in [-0.4, -0.2) is 23.5 Å². The first-order chi connectivity index (χ1) is 8.58. The lowest BCUT2D eigenvalue weighted by Crippen LogP contribution is -2.30. The second-order valence-electron chi connectivity index (χ2n) is 4.19. The van der Waals surface area contributed by atoms with E-state index in [0.29, 0.717) is 24.3 Å². The number of aliphatic carboxylic acids is 1. The fourth-order valence-corrected chi connectivity index (χ4v) is 1.76. The van der Waals surface area contributed by atoms with Gasteiger partial charge in [0, 0.05) is 19.4 Å². The van der Waals surface area contributed by atoms with Gasteiger partial charge < -0.3 is 14.8 Å². The summed E-state index contributed by atoms with van der Waals surface area (Å²) in [6.07, 6.45) is 2.94. The van der Waals surface area contributed by atoms with Crippen LogP contribution in [0, 0.1) is 5.92 Å². The fourth-order valence-electron chi connectivity index (χ4n) is 1.76. The van der Waals surface area contributed by atoms with Gasteiger partial charge in [0.05, 0.1) is 11.8 Å². The lowest BCUT2D eigenvalue weighted by atomic mass is 10.0. The van der Waals surface area contributed by atoms with Crippen LogP contribution in [0.4, 0.5) is 0 Å². The minimum atomic E-state index is -0.839. The van der Waals surface area contributed by atoms with Gasteiger partial charge in [-0.3, -0.25) is 9.59 Å². The summed E-state index contributed by atoms with van der Waals surface area (Å²) in [4.78, 5) is 22.5. The molecule has 18 heavy (non-hydrogen) atoms. The van der Waals surface area contributed by atoms with Crippen LogP contribution < -0.4 is 5.32 Å². The predicted molar refractivity (Wildman–Crippen MR) is 66.5 cm³/mol. The Bertz CT molecular complexity index is 411. The van der Waals surface area contributed by atoms with Gasteiger partial charge in [-0.15, -0.1) is 0 Å². The quantitative estimate of drug-likeness (QED) is 0.779. The van der Waals surface area contributed by atoms with Gasteiger partial charge in [0.25, 0.3) is 5.91 Å². The average Bonchev–Trinajstić information content (AvgIpc) is 2.81. The van der Waals surface area contributed by atoms with E-state index in [9.17, 15) is 9.59 Å². The van der Waals surface area contributed by atoms with E-state index in [1.165, 1.54) is 6.26 Å². The van der Waals surface area contributed by atoms with Crippen LogP contribution in [0.1, 0.15) is 42.8 Å². The largest absolute Gasteiger partial charge is 0.481 e. The molecule has 0 aromatic carbocycles. The molecule has 100 valence electrons. The molecule has 1 heterocycles. The summed E-state index contributed by atoms with van der Waals surface area (Å²) in [5.74, 6) is -0.430. The number of carboxylic acids is 1. The average molecular weight is 253 g/mol. The maximum Gasteiger partial charge on any atom is 0.303 e. The SMILES string of the molecule is CCc1occc1C(=O)NCC(CC)CC(=O)O. The highest BCUT2D eigenvalue weighted by Gasteiger charge is 2.16. The van der Waals surface area contributed by atoms with E-state index in [1.54, 1.807) is 6.07 Å². The number of furan rings is 1. The summed E-state index contributed by atoms with van der Waals surface area (Å²) in [6.45, 7) is 4.19. The summed E-state index contributed by atoms with van der Waals surface area (Å²) in [5.41, 5.74) is 0.530. The summed E-state index contributed by atoms with van der Waals surface area (Å²) in [5, 5.41) is 11.5. The van der Waals surface area contributed by atoms with E-state index < -0.39 is 5.97 Å². The molecule has 0 saturated carbocycles. The molecule has 2 N–H and O–H groups in total. The van der Waals surface area contributed by atoms with Gasteiger partial charge in [0.2, 0.25) is 0 Å². The Morgan fingerprint density at radius 1 is 1.44 bits per heavy atom. The van der Waals surface area contributed by atoms with Gasteiger partial charge in [0.15, 0.2) is 0 Å². The Kier molecular flexibility index (Phi) is 5.42. The molecule has 0 aliphatic heterocycles. The van der Waals surface area contributed by atoms with Crippen LogP contribution in [-0.2, 0) is 11.2 Å². The number of amides is 1. The second kappa shape index (κ2) is 6.83. The molecule has 1 rings (SSSR count). The van der Waals surface area contributed by atoms with Gasteiger partial charge in [-0.25, -0.2) is 0 Å². The standard InChI is InChI=1S/C13H19NO4/c1-3-9(7-12(15)16)8-14-13(17)10-5-6-18-11(10)4-2/h5-6,9H,3-4,7-8H2,1-2H3,(H,14,17)(H,15,16). The molecule has 0 spiro atoms. The number of hydrogen-bond acceptors (Lipinski definition) is 3. The molecule has 5 nitrogen and oxygen atoms in total. The maximum absolute atomic E-state index is 11.9. The lowest BCUT2D eigenvalue weighted by Gasteiger charge is -2.13. The monoisotopic (exact) mass is 253 g/mol. The first-order valence-corrected chi connectivity index (χ1v) is 6.14. The molecule has 0 saturated heterocycles. The first-order valence-electron chi connectivity index (χ1n) is 6.14. The fraction of sp³-hybridized carbons (Fsp3) is 0.538. The van der Waals surface area contributed by atoms with Crippen molar-refractivity contribution in [1.29, 1.82) is 0 Å². The molecule has 1 unspecified atom stereocenters. The third kappa shape index (κ3) is 3.91. The van der Waals surface area contributed by atoms with Crippen molar-refractivity contribution in [1.82, 2.24) is 5.32 Å². The predicted octanol–water partition coefficient (Wildman–Crippen LogP) is 2.07. The molecule has 0 bridgehead atoms. The van der Waals surface area contributed by atoms with E-state index in [4.69, 9.17) is 9.52 Å². The molecule has 1 amide bonds. The molecule has 0 fully saturated rings. The van der Waals surface area contributed by atoms with Gasteiger partial charge in [-0.2, -0.15) is 0 Å². The Morgan fingerprint density at radius 2 is 2.17 bits per heavy atom. The van der Waals surface area contributed by atoms with Crippen LogP contribution in [0.15, 0.2) is 16.7 Å². The number of carbonyl (C=O) groups excluding carboxylic acids is 1. The zero-order valence-electron chi connectivity index (χ0n) is 10.7. The molecule has 0 radical (unpaired) electrons. The Hall–Kier alpha value is -1.78. The van der Waals surface area contributed by atoms with Crippen molar-refractivity contribution >= 4 is 11.9 Å². The van der Waals surface area contributed by atoms with Crippen LogP contribution in [0.25, 0.3) is 0 Å². The van der Waals surface area contributed by atoms with Crippen molar-refractivity contribution in [3.8, 4) is 0 Å². The Morgan fingerprint density at radius 3 is 2.72 bits per heavy atom.